The molecule has 0 bridgehead atoms. The van der Waals surface area contributed by atoms with E-state index in [9.17, 15) is 4.79 Å². The maximum atomic E-state index is 11.5. The molecule has 0 aromatic heterocycles. The van der Waals surface area contributed by atoms with Gasteiger partial charge in [-0.3, -0.25) is 4.79 Å². The predicted molar refractivity (Wildman–Crippen MR) is 57.8 cm³/mol. The van der Waals surface area contributed by atoms with Gasteiger partial charge in [0.05, 0.1) is 0 Å². The highest BCUT2D eigenvalue weighted by atomic mass is 16.1. The summed E-state index contributed by atoms with van der Waals surface area (Å²) in [5.74, 6) is 0.512. The zero-order valence-electron chi connectivity index (χ0n) is 9.31. The van der Waals surface area contributed by atoms with Crippen LogP contribution in [0.3, 0.4) is 0 Å². The summed E-state index contributed by atoms with van der Waals surface area (Å²) in [6.45, 7) is 5.74. The Morgan fingerprint density at radius 1 is 1.57 bits per heavy atom. The third kappa shape index (κ3) is 3.66. The Labute approximate surface area is 86.4 Å². The van der Waals surface area contributed by atoms with Gasteiger partial charge >= 0.3 is 0 Å². The number of carbonyl (C=O) groups is 1. The van der Waals surface area contributed by atoms with E-state index in [-0.39, 0.29) is 5.91 Å². The van der Waals surface area contributed by atoms with Crippen LogP contribution in [0.5, 0.6) is 0 Å². The molecule has 3 nitrogen and oxygen atoms in total. The minimum absolute atomic E-state index is 0.162. The fraction of sp³-hybridized carbons (Fsp3) is 0.909. The Bertz CT molecular complexity index is 195. The smallest absolute Gasteiger partial charge is 0.220 e. The van der Waals surface area contributed by atoms with E-state index in [2.05, 4.69) is 19.2 Å². The number of rotatable bonds is 6. The molecular weight excluding hydrogens is 176 g/mol. The summed E-state index contributed by atoms with van der Waals surface area (Å²) in [5.41, 5.74) is 5.95. The normalized spacial score (nSPS) is 20.2. The van der Waals surface area contributed by atoms with Gasteiger partial charge in [-0.2, -0.15) is 0 Å². The summed E-state index contributed by atoms with van der Waals surface area (Å²) >= 11 is 0. The van der Waals surface area contributed by atoms with E-state index in [4.69, 9.17) is 5.73 Å². The molecule has 0 radical (unpaired) electrons. The molecule has 1 unspecified atom stereocenters. The largest absolute Gasteiger partial charge is 0.356 e. The molecule has 1 rings (SSSR count). The summed E-state index contributed by atoms with van der Waals surface area (Å²) in [5, 5.41) is 2.99. The van der Waals surface area contributed by atoms with E-state index in [0.29, 0.717) is 24.3 Å². The third-order valence-corrected chi connectivity index (χ3v) is 3.20. The van der Waals surface area contributed by atoms with Crippen LogP contribution in [-0.4, -0.2) is 19.0 Å². The molecule has 0 spiro atoms. The van der Waals surface area contributed by atoms with Crippen molar-refractivity contribution in [3.63, 3.8) is 0 Å². The highest BCUT2D eigenvalue weighted by Gasteiger charge is 2.37. The van der Waals surface area contributed by atoms with Crippen molar-refractivity contribution in [2.75, 3.05) is 13.1 Å². The topological polar surface area (TPSA) is 55.1 Å². The van der Waals surface area contributed by atoms with Gasteiger partial charge in [0, 0.05) is 13.0 Å². The van der Waals surface area contributed by atoms with E-state index < -0.39 is 0 Å². The van der Waals surface area contributed by atoms with Crippen LogP contribution in [0.15, 0.2) is 0 Å². The number of nitrogens with one attached hydrogen (secondary N) is 1. The van der Waals surface area contributed by atoms with Gasteiger partial charge < -0.3 is 11.1 Å². The van der Waals surface area contributed by atoms with E-state index in [1.54, 1.807) is 0 Å². The van der Waals surface area contributed by atoms with Crippen LogP contribution in [0.2, 0.25) is 0 Å². The zero-order valence-corrected chi connectivity index (χ0v) is 9.31. The lowest BCUT2D eigenvalue weighted by Crippen LogP contribution is -2.31. The van der Waals surface area contributed by atoms with Crippen molar-refractivity contribution in [2.24, 2.45) is 17.1 Å². The molecule has 0 aromatic carbocycles. The van der Waals surface area contributed by atoms with Gasteiger partial charge in [-0.05, 0) is 30.7 Å². The van der Waals surface area contributed by atoms with E-state index in [1.165, 1.54) is 12.8 Å². The van der Waals surface area contributed by atoms with Gasteiger partial charge in [0.1, 0.15) is 0 Å². The van der Waals surface area contributed by atoms with Crippen LogP contribution in [0, 0.1) is 11.3 Å². The fourth-order valence-electron chi connectivity index (χ4n) is 1.43. The first-order chi connectivity index (χ1) is 6.59. The van der Waals surface area contributed by atoms with Gasteiger partial charge in [0.15, 0.2) is 0 Å². The van der Waals surface area contributed by atoms with Crippen LogP contribution in [0.1, 0.15) is 39.5 Å². The minimum atomic E-state index is 0.162. The second-order valence-electron chi connectivity index (χ2n) is 4.80. The van der Waals surface area contributed by atoms with Crippen molar-refractivity contribution >= 4 is 5.91 Å². The van der Waals surface area contributed by atoms with Crippen LogP contribution in [0.4, 0.5) is 0 Å². The van der Waals surface area contributed by atoms with Gasteiger partial charge in [-0.1, -0.05) is 20.3 Å². The molecule has 14 heavy (non-hydrogen) atoms. The van der Waals surface area contributed by atoms with Crippen molar-refractivity contribution in [3.05, 3.63) is 0 Å². The van der Waals surface area contributed by atoms with Crippen molar-refractivity contribution in [3.8, 4) is 0 Å². The van der Waals surface area contributed by atoms with Crippen LogP contribution in [-0.2, 0) is 4.79 Å². The Morgan fingerprint density at radius 3 is 2.64 bits per heavy atom. The SMILES string of the molecule is CCC(CN)CC(=O)NCC1(C)CC1. The predicted octanol–water partition coefficient (Wildman–Crippen LogP) is 1.28. The molecule has 1 saturated carbocycles. The number of carbonyl (C=O) groups excluding carboxylic acids is 1. The van der Waals surface area contributed by atoms with Crippen molar-refractivity contribution in [1.82, 2.24) is 5.32 Å². The lowest BCUT2D eigenvalue weighted by Gasteiger charge is -2.14. The number of amides is 1. The standard InChI is InChI=1S/C11H22N2O/c1-3-9(7-12)6-10(14)13-8-11(2)4-5-11/h9H,3-8,12H2,1-2H3,(H,13,14). The molecule has 1 fully saturated rings. The third-order valence-electron chi connectivity index (χ3n) is 3.20. The first-order valence-corrected chi connectivity index (χ1v) is 5.56. The fourth-order valence-corrected chi connectivity index (χ4v) is 1.43. The van der Waals surface area contributed by atoms with Crippen molar-refractivity contribution < 1.29 is 4.79 Å². The molecule has 3 heteroatoms. The number of hydrogen-bond acceptors (Lipinski definition) is 2. The maximum Gasteiger partial charge on any atom is 0.220 e. The van der Waals surface area contributed by atoms with E-state index in [0.717, 1.165) is 13.0 Å². The van der Waals surface area contributed by atoms with Gasteiger partial charge in [-0.15, -0.1) is 0 Å². The second-order valence-corrected chi connectivity index (χ2v) is 4.80. The van der Waals surface area contributed by atoms with Crippen LogP contribution in [0.25, 0.3) is 0 Å². The quantitative estimate of drug-likeness (QED) is 0.675. The molecule has 1 amide bonds. The summed E-state index contributed by atoms with van der Waals surface area (Å²) in [6.07, 6.45) is 4.08. The summed E-state index contributed by atoms with van der Waals surface area (Å²) in [7, 11) is 0. The number of hydrogen-bond donors (Lipinski definition) is 2. The zero-order chi connectivity index (χ0) is 10.6. The minimum Gasteiger partial charge on any atom is -0.356 e. The Balaban J connectivity index is 2.14. The number of nitrogens with two attached hydrogens (primary N) is 1. The Kier molecular flexibility index (Phi) is 3.93. The molecule has 0 saturated heterocycles. The van der Waals surface area contributed by atoms with Gasteiger partial charge in [0.2, 0.25) is 5.91 Å². The first-order valence-electron chi connectivity index (χ1n) is 5.56. The summed E-state index contributed by atoms with van der Waals surface area (Å²) in [6, 6.07) is 0. The molecule has 1 atom stereocenters. The average molecular weight is 198 g/mol. The summed E-state index contributed by atoms with van der Waals surface area (Å²) in [4.78, 5) is 11.5. The Hall–Kier alpha value is -0.570. The van der Waals surface area contributed by atoms with E-state index >= 15 is 0 Å². The molecule has 82 valence electrons. The van der Waals surface area contributed by atoms with Crippen LogP contribution >= 0.6 is 0 Å². The molecule has 3 N–H and O–H groups in total. The van der Waals surface area contributed by atoms with Gasteiger partial charge in [-0.25, -0.2) is 0 Å². The lowest BCUT2D eigenvalue weighted by atomic mass is 10.0. The monoisotopic (exact) mass is 198 g/mol. The molecule has 0 aliphatic heterocycles. The Morgan fingerprint density at radius 2 is 2.21 bits per heavy atom. The van der Waals surface area contributed by atoms with Crippen molar-refractivity contribution in [2.45, 2.75) is 39.5 Å². The van der Waals surface area contributed by atoms with Crippen molar-refractivity contribution in [1.29, 1.82) is 0 Å². The molecule has 0 heterocycles. The molecule has 1 aliphatic rings. The lowest BCUT2D eigenvalue weighted by molar-refractivity contribution is -0.122. The van der Waals surface area contributed by atoms with E-state index in [1.807, 2.05) is 0 Å². The maximum absolute atomic E-state index is 11.5. The highest BCUT2D eigenvalue weighted by molar-refractivity contribution is 5.76. The highest BCUT2D eigenvalue weighted by Crippen LogP contribution is 2.44. The average Bonchev–Trinajstić information content (AvgIpc) is 2.90. The molecular formula is C11H22N2O. The van der Waals surface area contributed by atoms with Crippen LogP contribution < -0.4 is 11.1 Å². The van der Waals surface area contributed by atoms with Gasteiger partial charge in [0.25, 0.3) is 0 Å². The second kappa shape index (κ2) is 4.78. The molecule has 0 aromatic rings. The molecule has 1 aliphatic carbocycles. The first kappa shape index (κ1) is 11.5. The summed E-state index contributed by atoms with van der Waals surface area (Å²) < 4.78 is 0.